The van der Waals surface area contributed by atoms with Crippen molar-refractivity contribution in [3.05, 3.63) is 60.2 Å². The summed E-state index contributed by atoms with van der Waals surface area (Å²) in [5, 5.41) is 8.37. The molecule has 0 aliphatic carbocycles. The average molecular weight is 393 g/mol. The fourth-order valence-corrected chi connectivity index (χ4v) is 3.75. The normalized spacial score (nSPS) is 18.0. The van der Waals surface area contributed by atoms with E-state index in [0.29, 0.717) is 19.0 Å². The summed E-state index contributed by atoms with van der Waals surface area (Å²) in [6, 6.07) is 18.1. The molecule has 0 spiro atoms. The van der Waals surface area contributed by atoms with Crippen LogP contribution in [-0.4, -0.2) is 39.9 Å². The molecule has 2 aromatic carbocycles. The number of likely N-dealkylation sites (tertiary alicyclic amines) is 1. The summed E-state index contributed by atoms with van der Waals surface area (Å²) in [6.07, 6.45) is 0.383. The third-order valence-corrected chi connectivity index (χ3v) is 5.11. The second-order valence-electron chi connectivity index (χ2n) is 8.50. The molecule has 1 aliphatic rings. The quantitative estimate of drug-likeness (QED) is 0.682. The fourth-order valence-electron chi connectivity index (χ4n) is 3.75. The fraction of sp³-hybridized carbons (Fsp3) is 0.391. The van der Waals surface area contributed by atoms with E-state index < -0.39 is 5.60 Å². The number of para-hydroxylation sites is 1. The van der Waals surface area contributed by atoms with E-state index in [4.69, 9.17) is 9.47 Å². The number of carbonyl (C=O) groups is 1. The van der Waals surface area contributed by atoms with Crippen LogP contribution in [0.25, 0.3) is 10.9 Å². The van der Waals surface area contributed by atoms with Crippen LogP contribution >= 0.6 is 0 Å². The van der Waals surface area contributed by atoms with Crippen molar-refractivity contribution in [3.8, 4) is 5.88 Å². The van der Waals surface area contributed by atoms with Gasteiger partial charge in [-0.15, -0.1) is 5.10 Å². The largest absolute Gasteiger partial charge is 0.468 e. The molecule has 4 rings (SSSR count). The van der Waals surface area contributed by atoms with Gasteiger partial charge in [0.25, 0.3) is 0 Å². The van der Waals surface area contributed by atoms with E-state index >= 15 is 0 Å². The third kappa shape index (κ3) is 4.36. The molecule has 6 heteroatoms. The molecule has 0 radical (unpaired) electrons. The monoisotopic (exact) mass is 393 g/mol. The number of aromatic amines is 1. The van der Waals surface area contributed by atoms with E-state index in [0.717, 1.165) is 22.9 Å². The van der Waals surface area contributed by atoms with Crippen LogP contribution in [-0.2, 0) is 4.74 Å². The number of benzene rings is 2. The molecule has 1 aliphatic heterocycles. The lowest BCUT2D eigenvalue weighted by atomic mass is 9.95. The molecule has 3 aromatic rings. The summed E-state index contributed by atoms with van der Waals surface area (Å²) in [5.41, 5.74) is 1.52. The summed E-state index contributed by atoms with van der Waals surface area (Å²) in [7, 11) is 0. The molecule has 6 nitrogen and oxygen atoms in total. The Bertz CT molecular complexity index is 978. The first kappa shape index (κ1) is 19.3. The van der Waals surface area contributed by atoms with Gasteiger partial charge in [-0.2, -0.15) is 0 Å². The molecule has 2 atom stereocenters. The van der Waals surface area contributed by atoms with Crippen LogP contribution < -0.4 is 4.74 Å². The van der Waals surface area contributed by atoms with Crippen LogP contribution in [0.15, 0.2) is 54.6 Å². The van der Waals surface area contributed by atoms with Gasteiger partial charge in [-0.3, -0.25) is 5.10 Å². The van der Waals surface area contributed by atoms with Crippen molar-refractivity contribution in [2.75, 3.05) is 13.1 Å². The van der Waals surface area contributed by atoms with Crippen molar-refractivity contribution < 1.29 is 14.3 Å². The molecule has 1 fully saturated rings. The van der Waals surface area contributed by atoms with Crippen molar-refractivity contribution in [3.63, 3.8) is 0 Å². The van der Waals surface area contributed by atoms with E-state index in [-0.39, 0.29) is 18.1 Å². The Morgan fingerprint density at radius 1 is 1.14 bits per heavy atom. The number of hydrogen-bond donors (Lipinski definition) is 1. The van der Waals surface area contributed by atoms with Crippen molar-refractivity contribution in [2.24, 2.45) is 5.92 Å². The summed E-state index contributed by atoms with van der Waals surface area (Å²) in [6.45, 7) is 6.91. The van der Waals surface area contributed by atoms with Gasteiger partial charge in [0.1, 0.15) is 11.7 Å². The molecule has 29 heavy (non-hydrogen) atoms. The van der Waals surface area contributed by atoms with Crippen LogP contribution in [0.3, 0.4) is 0 Å². The van der Waals surface area contributed by atoms with Crippen molar-refractivity contribution in [1.29, 1.82) is 0 Å². The van der Waals surface area contributed by atoms with Gasteiger partial charge in [0, 0.05) is 19.0 Å². The minimum Gasteiger partial charge on any atom is -0.468 e. The van der Waals surface area contributed by atoms with Gasteiger partial charge in [-0.05, 0) is 44.9 Å². The van der Waals surface area contributed by atoms with E-state index in [2.05, 4.69) is 22.3 Å². The maximum absolute atomic E-state index is 12.5. The highest BCUT2D eigenvalue weighted by Gasteiger charge is 2.36. The summed E-state index contributed by atoms with van der Waals surface area (Å²) < 4.78 is 12.0. The summed E-state index contributed by atoms with van der Waals surface area (Å²) in [4.78, 5) is 14.3. The highest BCUT2D eigenvalue weighted by Crippen LogP contribution is 2.36. The topological polar surface area (TPSA) is 67.4 Å². The van der Waals surface area contributed by atoms with Gasteiger partial charge in [-0.25, -0.2) is 4.79 Å². The first-order valence-electron chi connectivity index (χ1n) is 10.0. The number of nitrogens with zero attached hydrogens (tertiary/aromatic N) is 2. The third-order valence-electron chi connectivity index (χ3n) is 5.11. The second kappa shape index (κ2) is 7.78. The molecule has 1 N–H and O–H groups in total. The molecule has 0 bridgehead atoms. The molecule has 1 saturated heterocycles. The lowest BCUT2D eigenvalue weighted by Gasteiger charge is -2.26. The molecule has 1 aromatic heterocycles. The number of nitrogens with one attached hydrogen (secondary N) is 1. The zero-order chi connectivity index (χ0) is 20.4. The SMILES string of the molecule is CC(C)(C)OC(=O)N1CC[C@@H](C(Oc2n[nH]c3ccccc23)c2ccccc2)C1. The van der Waals surface area contributed by atoms with Crippen molar-refractivity contribution in [1.82, 2.24) is 15.1 Å². The Kier molecular flexibility index (Phi) is 5.18. The van der Waals surface area contributed by atoms with Crippen LogP contribution in [0.2, 0.25) is 0 Å². The van der Waals surface area contributed by atoms with Crippen LogP contribution in [0.5, 0.6) is 5.88 Å². The number of hydrogen-bond acceptors (Lipinski definition) is 4. The molecule has 0 saturated carbocycles. The maximum Gasteiger partial charge on any atom is 0.410 e. The number of H-pyrrole nitrogens is 1. The van der Waals surface area contributed by atoms with Gasteiger partial charge < -0.3 is 14.4 Å². The molecular formula is C23H27N3O3. The Morgan fingerprint density at radius 2 is 1.86 bits per heavy atom. The van der Waals surface area contributed by atoms with Gasteiger partial charge >= 0.3 is 6.09 Å². The van der Waals surface area contributed by atoms with E-state index in [9.17, 15) is 4.79 Å². The minimum absolute atomic E-state index is 0.153. The zero-order valence-corrected chi connectivity index (χ0v) is 17.1. The molecule has 1 unspecified atom stereocenters. The van der Waals surface area contributed by atoms with Gasteiger partial charge in [-0.1, -0.05) is 42.5 Å². The van der Waals surface area contributed by atoms with Gasteiger partial charge in [0.05, 0.1) is 10.9 Å². The number of ether oxygens (including phenoxy) is 2. The first-order valence-corrected chi connectivity index (χ1v) is 10.0. The lowest BCUT2D eigenvalue weighted by molar-refractivity contribution is 0.0273. The minimum atomic E-state index is -0.502. The molecule has 2 heterocycles. The maximum atomic E-state index is 12.5. The number of amides is 1. The van der Waals surface area contributed by atoms with Gasteiger partial charge in [0.15, 0.2) is 0 Å². The average Bonchev–Trinajstić information content (AvgIpc) is 3.33. The molecule has 152 valence electrons. The van der Waals surface area contributed by atoms with E-state index in [1.165, 1.54) is 0 Å². The highest BCUT2D eigenvalue weighted by molar-refractivity contribution is 5.83. The smallest absolute Gasteiger partial charge is 0.410 e. The standard InChI is InChI=1S/C23H27N3O3/c1-23(2,3)29-22(27)26-14-13-17(15-26)20(16-9-5-4-6-10-16)28-21-18-11-7-8-12-19(18)24-25-21/h4-12,17,20H,13-15H2,1-3H3,(H,24,25)/t17-,20?/m1/s1. The van der Waals surface area contributed by atoms with Crippen LogP contribution in [0.4, 0.5) is 4.79 Å². The summed E-state index contributed by atoms with van der Waals surface area (Å²) in [5.74, 6) is 0.741. The van der Waals surface area contributed by atoms with E-state index in [1.807, 2.05) is 63.2 Å². The van der Waals surface area contributed by atoms with Crippen LogP contribution in [0.1, 0.15) is 38.9 Å². The Morgan fingerprint density at radius 3 is 2.62 bits per heavy atom. The predicted octanol–water partition coefficient (Wildman–Crippen LogP) is 4.94. The van der Waals surface area contributed by atoms with Crippen molar-refractivity contribution >= 4 is 17.0 Å². The van der Waals surface area contributed by atoms with E-state index in [1.54, 1.807) is 4.90 Å². The number of fused-ring (bicyclic) bond motifs is 1. The van der Waals surface area contributed by atoms with Crippen LogP contribution in [0, 0.1) is 5.92 Å². The molecule has 1 amide bonds. The summed E-state index contributed by atoms with van der Waals surface area (Å²) >= 11 is 0. The highest BCUT2D eigenvalue weighted by atomic mass is 16.6. The Balaban J connectivity index is 1.57. The van der Waals surface area contributed by atoms with Crippen molar-refractivity contribution in [2.45, 2.75) is 38.9 Å². The first-order chi connectivity index (χ1) is 13.9. The zero-order valence-electron chi connectivity index (χ0n) is 17.1. The Hall–Kier alpha value is -3.02. The number of rotatable bonds is 4. The van der Waals surface area contributed by atoms with Gasteiger partial charge in [0.2, 0.25) is 5.88 Å². The number of carbonyl (C=O) groups excluding carboxylic acids is 1. The second-order valence-corrected chi connectivity index (χ2v) is 8.50. The Labute approximate surface area is 170 Å². The predicted molar refractivity (Wildman–Crippen MR) is 112 cm³/mol. The number of aromatic nitrogens is 2. The molecular weight excluding hydrogens is 366 g/mol. The lowest BCUT2D eigenvalue weighted by Crippen LogP contribution is -2.36.